The lowest BCUT2D eigenvalue weighted by molar-refractivity contribution is 0.0903. The average Bonchev–Trinajstić information content (AvgIpc) is 3.19. The molecule has 0 spiro atoms. The lowest BCUT2D eigenvalue weighted by Gasteiger charge is -2.35. The summed E-state index contributed by atoms with van der Waals surface area (Å²) in [4.78, 5) is 38.6. The van der Waals surface area contributed by atoms with Gasteiger partial charge in [-0.05, 0) is 19.3 Å². The molecule has 25 heavy (non-hydrogen) atoms. The molecule has 1 atom stereocenters. The molecule has 3 heterocycles. The number of hydrogen-bond donors (Lipinski definition) is 4. The molecular formula is C16H20N6O3. The van der Waals surface area contributed by atoms with Crippen LogP contribution < -0.4 is 15.9 Å². The van der Waals surface area contributed by atoms with Crippen LogP contribution in [0.5, 0.6) is 0 Å². The fraction of sp³-hybridized carbons (Fsp3) is 0.500. The number of aromatic nitrogens is 4. The van der Waals surface area contributed by atoms with Gasteiger partial charge in [0.1, 0.15) is 17.8 Å². The van der Waals surface area contributed by atoms with Gasteiger partial charge in [-0.15, -0.1) is 0 Å². The quantitative estimate of drug-likeness (QED) is 0.605. The Morgan fingerprint density at radius 3 is 2.88 bits per heavy atom. The minimum atomic E-state index is -0.391. The molecule has 4 rings (SSSR count). The Morgan fingerprint density at radius 2 is 2.20 bits per heavy atom. The molecule has 1 amide bonds. The number of amides is 1. The number of anilines is 1. The van der Waals surface area contributed by atoms with E-state index in [-0.39, 0.29) is 29.7 Å². The standard InChI is InChI=1S/C16H20N6O3/c23-11-1-2-22(7-11)14-5-12(18-8-19-14)9-3-10(4-9)20-15(24)13-6-17-16(25)21-13/h5-6,8-11,23H,1-4,7H2,(H,20,24)(H2,17,21,25)/t9?,10?,11-/m0/s1. The van der Waals surface area contributed by atoms with Crippen LogP contribution in [0.2, 0.25) is 0 Å². The third-order valence-corrected chi connectivity index (χ3v) is 4.89. The smallest absolute Gasteiger partial charge is 0.323 e. The number of nitrogens with one attached hydrogen (secondary N) is 3. The molecule has 9 nitrogen and oxygen atoms in total. The van der Waals surface area contributed by atoms with Crippen LogP contribution in [0.15, 0.2) is 23.4 Å². The van der Waals surface area contributed by atoms with Crippen molar-refractivity contribution < 1.29 is 9.90 Å². The Hall–Kier alpha value is -2.68. The van der Waals surface area contributed by atoms with E-state index in [1.165, 1.54) is 6.20 Å². The maximum atomic E-state index is 12.0. The molecule has 0 aromatic carbocycles. The van der Waals surface area contributed by atoms with Gasteiger partial charge in [-0.3, -0.25) is 4.79 Å². The first-order valence-corrected chi connectivity index (χ1v) is 8.42. The molecule has 1 saturated heterocycles. The van der Waals surface area contributed by atoms with Crippen molar-refractivity contribution in [1.82, 2.24) is 25.3 Å². The van der Waals surface area contributed by atoms with Gasteiger partial charge < -0.3 is 25.3 Å². The second-order valence-electron chi connectivity index (χ2n) is 6.68. The number of imidazole rings is 1. The fourth-order valence-corrected chi connectivity index (χ4v) is 3.40. The molecule has 1 aliphatic heterocycles. The van der Waals surface area contributed by atoms with Gasteiger partial charge in [-0.1, -0.05) is 0 Å². The van der Waals surface area contributed by atoms with E-state index in [0.29, 0.717) is 6.54 Å². The topological polar surface area (TPSA) is 127 Å². The second-order valence-corrected chi connectivity index (χ2v) is 6.68. The first-order valence-electron chi connectivity index (χ1n) is 8.42. The number of carbonyl (C=O) groups excluding carboxylic acids is 1. The molecule has 2 aliphatic rings. The summed E-state index contributed by atoms with van der Waals surface area (Å²) in [6.07, 6.45) is 5.01. The summed E-state index contributed by atoms with van der Waals surface area (Å²) in [5.41, 5.74) is 0.814. The molecule has 1 aliphatic carbocycles. The third kappa shape index (κ3) is 3.27. The van der Waals surface area contributed by atoms with Gasteiger partial charge in [-0.2, -0.15) is 0 Å². The Balaban J connectivity index is 1.34. The zero-order chi connectivity index (χ0) is 17.4. The number of nitrogens with zero attached hydrogens (tertiary/aromatic N) is 3. The van der Waals surface area contributed by atoms with Crippen LogP contribution >= 0.6 is 0 Å². The van der Waals surface area contributed by atoms with Gasteiger partial charge in [0.25, 0.3) is 5.91 Å². The maximum Gasteiger partial charge on any atom is 0.323 e. The largest absolute Gasteiger partial charge is 0.391 e. The van der Waals surface area contributed by atoms with Crippen LogP contribution in [0.1, 0.15) is 41.4 Å². The molecule has 0 bridgehead atoms. The van der Waals surface area contributed by atoms with Gasteiger partial charge in [-0.25, -0.2) is 14.8 Å². The highest BCUT2D eigenvalue weighted by molar-refractivity contribution is 5.92. The van der Waals surface area contributed by atoms with Gasteiger partial charge in [0.15, 0.2) is 0 Å². The lowest BCUT2D eigenvalue weighted by Crippen LogP contribution is -2.43. The Kier molecular flexibility index (Phi) is 4.00. The van der Waals surface area contributed by atoms with Crippen molar-refractivity contribution in [3.63, 3.8) is 0 Å². The van der Waals surface area contributed by atoms with Crippen molar-refractivity contribution in [1.29, 1.82) is 0 Å². The number of carbonyl (C=O) groups is 1. The van der Waals surface area contributed by atoms with Gasteiger partial charge >= 0.3 is 5.69 Å². The fourth-order valence-electron chi connectivity index (χ4n) is 3.40. The molecule has 1 saturated carbocycles. The predicted octanol–water partition coefficient (Wildman–Crippen LogP) is -0.260. The predicted molar refractivity (Wildman–Crippen MR) is 89.5 cm³/mol. The van der Waals surface area contributed by atoms with E-state index >= 15 is 0 Å². The molecule has 2 aromatic rings. The summed E-state index contributed by atoms with van der Waals surface area (Å²) in [7, 11) is 0. The van der Waals surface area contributed by atoms with Gasteiger partial charge in [0.05, 0.1) is 6.10 Å². The highest BCUT2D eigenvalue weighted by atomic mass is 16.3. The number of hydrogen-bond acceptors (Lipinski definition) is 6. The number of aromatic amines is 2. The van der Waals surface area contributed by atoms with Crippen LogP contribution in [0.25, 0.3) is 0 Å². The van der Waals surface area contributed by atoms with Crippen molar-refractivity contribution >= 4 is 11.7 Å². The Labute approximate surface area is 143 Å². The number of aliphatic hydroxyl groups excluding tert-OH is 1. The van der Waals surface area contributed by atoms with Crippen LogP contribution in [-0.2, 0) is 0 Å². The molecule has 9 heteroatoms. The number of rotatable bonds is 4. The first kappa shape index (κ1) is 15.8. The zero-order valence-corrected chi connectivity index (χ0v) is 13.6. The maximum absolute atomic E-state index is 12.0. The lowest BCUT2D eigenvalue weighted by atomic mass is 9.78. The van der Waals surface area contributed by atoms with E-state index in [1.54, 1.807) is 6.33 Å². The summed E-state index contributed by atoms with van der Waals surface area (Å²) in [5, 5.41) is 12.6. The molecule has 0 radical (unpaired) electrons. The van der Waals surface area contributed by atoms with Crippen LogP contribution in [-0.4, -0.2) is 56.2 Å². The van der Waals surface area contributed by atoms with Crippen LogP contribution in [0.3, 0.4) is 0 Å². The average molecular weight is 344 g/mol. The van der Waals surface area contributed by atoms with Gasteiger partial charge in [0.2, 0.25) is 0 Å². The Morgan fingerprint density at radius 1 is 1.36 bits per heavy atom. The normalized spacial score (nSPS) is 25.6. The first-order chi connectivity index (χ1) is 12.1. The van der Waals surface area contributed by atoms with Crippen molar-refractivity contribution in [2.45, 2.75) is 37.3 Å². The third-order valence-electron chi connectivity index (χ3n) is 4.89. The SMILES string of the molecule is O=C(NC1CC(c2cc(N3CC[C@H](O)C3)ncn2)C1)c1c[nH]c(=O)[nH]1. The molecule has 2 fully saturated rings. The van der Waals surface area contributed by atoms with Gasteiger partial charge in [0, 0.05) is 43.0 Å². The molecular weight excluding hydrogens is 324 g/mol. The second kappa shape index (κ2) is 6.32. The molecule has 132 valence electrons. The molecule has 2 aromatic heterocycles. The minimum absolute atomic E-state index is 0.0722. The number of aliphatic hydroxyl groups is 1. The monoisotopic (exact) mass is 344 g/mol. The van der Waals surface area contributed by atoms with Crippen molar-refractivity contribution in [2.75, 3.05) is 18.0 Å². The molecule has 4 N–H and O–H groups in total. The summed E-state index contributed by atoms with van der Waals surface area (Å²) in [6.45, 7) is 1.41. The number of β-amino-alcohol motifs (C(OH)–C–C–N with tert-alkyl or cyclic N) is 1. The van der Waals surface area contributed by atoms with E-state index in [2.05, 4.69) is 30.2 Å². The summed E-state index contributed by atoms with van der Waals surface area (Å²) < 4.78 is 0. The zero-order valence-electron chi connectivity index (χ0n) is 13.6. The van der Waals surface area contributed by atoms with E-state index in [0.717, 1.165) is 37.3 Å². The summed E-state index contributed by atoms with van der Waals surface area (Å²) >= 11 is 0. The number of H-pyrrole nitrogens is 2. The highest BCUT2D eigenvalue weighted by Gasteiger charge is 2.33. The summed E-state index contributed by atoms with van der Waals surface area (Å²) in [6, 6.07) is 2.05. The van der Waals surface area contributed by atoms with E-state index in [1.807, 2.05) is 6.07 Å². The van der Waals surface area contributed by atoms with Crippen molar-refractivity contribution in [2.24, 2.45) is 0 Å². The van der Waals surface area contributed by atoms with Crippen molar-refractivity contribution in [3.05, 3.63) is 40.5 Å². The highest BCUT2D eigenvalue weighted by Crippen LogP contribution is 2.36. The van der Waals surface area contributed by atoms with Crippen LogP contribution in [0, 0.1) is 0 Å². The summed E-state index contributed by atoms with van der Waals surface area (Å²) in [5.74, 6) is 0.847. The van der Waals surface area contributed by atoms with E-state index < -0.39 is 5.69 Å². The van der Waals surface area contributed by atoms with Crippen LogP contribution in [0.4, 0.5) is 5.82 Å². The minimum Gasteiger partial charge on any atom is -0.391 e. The molecule has 0 unspecified atom stereocenters. The van der Waals surface area contributed by atoms with E-state index in [9.17, 15) is 14.7 Å². The van der Waals surface area contributed by atoms with Crippen molar-refractivity contribution in [3.8, 4) is 0 Å². The Bertz CT molecular complexity index is 825. The van der Waals surface area contributed by atoms with E-state index in [4.69, 9.17) is 0 Å².